The van der Waals surface area contributed by atoms with E-state index in [9.17, 15) is 4.39 Å². The summed E-state index contributed by atoms with van der Waals surface area (Å²) in [5, 5.41) is 0. The Morgan fingerprint density at radius 3 is 2.69 bits per heavy atom. The van der Waals surface area contributed by atoms with E-state index < -0.39 is 0 Å². The van der Waals surface area contributed by atoms with Gasteiger partial charge in [-0.05, 0) is 37.3 Å². The van der Waals surface area contributed by atoms with E-state index in [1.165, 1.54) is 17.8 Å². The van der Waals surface area contributed by atoms with Gasteiger partial charge < -0.3 is 10.5 Å². The van der Waals surface area contributed by atoms with Gasteiger partial charge in [-0.2, -0.15) is 0 Å². The van der Waals surface area contributed by atoms with Crippen LogP contribution in [0.3, 0.4) is 0 Å². The van der Waals surface area contributed by atoms with Gasteiger partial charge in [-0.1, -0.05) is 6.92 Å². The second kappa shape index (κ2) is 6.11. The molecule has 0 bridgehead atoms. The summed E-state index contributed by atoms with van der Waals surface area (Å²) in [5.74, 6) is 0.764. The fraction of sp³-hybridized carbons (Fsp3) is 0.500. The molecule has 16 heavy (non-hydrogen) atoms. The van der Waals surface area contributed by atoms with Crippen molar-refractivity contribution < 1.29 is 9.13 Å². The number of methoxy groups -OCH3 is 1. The summed E-state index contributed by atoms with van der Waals surface area (Å²) < 4.78 is 18.8. The van der Waals surface area contributed by atoms with E-state index >= 15 is 0 Å². The van der Waals surface area contributed by atoms with E-state index in [4.69, 9.17) is 10.5 Å². The summed E-state index contributed by atoms with van der Waals surface area (Å²) in [4.78, 5) is 0.835. The third-order valence-corrected chi connectivity index (χ3v) is 3.35. The van der Waals surface area contributed by atoms with Crippen LogP contribution in [0.4, 0.5) is 4.39 Å². The Kier molecular flexibility index (Phi) is 5.09. The fourth-order valence-corrected chi connectivity index (χ4v) is 2.35. The molecule has 0 aromatic heterocycles. The molecule has 4 heteroatoms. The Hall–Kier alpha value is -0.740. The van der Waals surface area contributed by atoms with Crippen molar-refractivity contribution in [2.24, 2.45) is 5.73 Å². The molecule has 1 unspecified atom stereocenters. The Morgan fingerprint density at radius 1 is 1.50 bits per heavy atom. The maximum Gasteiger partial charge on any atom is 0.136 e. The molecule has 1 aromatic rings. The van der Waals surface area contributed by atoms with Gasteiger partial charge in [-0.15, -0.1) is 11.8 Å². The maximum absolute atomic E-state index is 13.4. The predicted octanol–water partition coefficient (Wildman–Crippen LogP) is 3.01. The lowest BCUT2D eigenvalue weighted by Gasteiger charge is -2.17. The van der Waals surface area contributed by atoms with Crippen molar-refractivity contribution >= 4 is 11.8 Å². The van der Waals surface area contributed by atoms with Crippen molar-refractivity contribution in [3.63, 3.8) is 0 Å². The van der Waals surface area contributed by atoms with Crippen molar-refractivity contribution in [1.82, 2.24) is 0 Å². The highest BCUT2D eigenvalue weighted by atomic mass is 32.2. The van der Waals surface area contributed by atoms with Crippen LogP contribution in [0.5, 0.6) is 5.75 Å². The number of thioether (sulfide) groups is 1. The van der Waals surface area contributed by atoms with E-state index in [1.807, 2.05) is 13.2 Å². The zero-order valence-electron chi connectivity index (χ0n) is 9.92. The number of hydrogen-bond acceptors (Lipinski definition) is 3. The largest absolute Gasteiger partial charge is 0.495 e. The van der Waals surface area contributed by atoms with Gasteiger partial charge in [0.2, 0.25) is 0 Å². The van der Waals surface area contributed by atoms with Crippen LogP contribution >= 0.6 is 11.8 Å². The van der Waals surface area contributed by atoms with E-state index in [-0.39, 0.29) is 11.7 Å². The average molecular weight is 243 g/mol. The van der Waals surface area contributed by atoms with Gasteiger partial charge in [0.15, 0.2) is 0 Å². The molecule has 0 amide bonds. The van der Waals surface area contributed by atoms with Gasteiger partial charge in [-0.25, -0.2) is 4.39 Å². The highest BCUT2D eigenvalue weighted by molar-refractivity contribution is 7.98. The molecular formula is C12H18FNOS. The second-order valence-electron chi connectivity index (χ2n) is 3.71. The summed E-state index contributed by atoms with van der Waals surface area (Å²) in [7, 11) is 1.62. The van der Waals surface area contributed by atoms with E-state index in [0.717, 1.165) is 22.6 Å². The normalized spacial score (nSPS) is 12.6. The molecule has 0 aliphatic rings. The van der Waals surface area contributed by atoms with E-state index in [0.29, 0.717) is 6.54 Å². The Morgan fingerprint density at radius 2 is 2.19 bits per heavy atom. The quantitative estimate of drug-likeness (QED) is 0.807. The van der Waals surface area contributed by atoms with Gasteiger partial charge in [0, 0.05) is 5.56 Å². The third kappa shape index (κ3) is 2.89. The lowest BCUT2D eigenvalue weighted by atomic mass is 9.96. The molecular weight excluding hydrogens is 225 g/mol. The van der Waals surface area contributed by atoms with Crippen LogP contribution in [-0.2, 0) is 0 Å². The smallest absolute Gasteiger partial charge is 0.136 e. The summed E-state index contributed by atoms with van der Waals surface area (Å²) in [6.45, 7) is 2.63. The van der Waals surface area contributed by atoms with Crippen molar-refractivity contribution in [2.75, 3.05) is 19.9 Å². The molecule has 0 heterocycles. The van der Waals surface area contributed by atoms with Gasteiger partial charge in [-0.3, -0.25) is 0 Å². The first kappa shape index (κ1) is 13.3. The molecule has 2 N–H and O–H groups in total. The van der Waals surface area contributed by atoms with Crippen LogP contribution in [-0.4, -0.2) is 19.9 Å². The molecule has 0 spiro atoms. The van der Waals surface area contributed by atoms with Gasteiger partial charge in [0.1, 0.15) is 11.6 Å². The van der Waals surface area contributed by atoms with E-state index in [2.05, 4.69) is 0 Å². The standard InChI is InChI=1S/C12H18FNOS/c1-8(4-5-14)10-6-9(13)7-11(16-3)12(10)15-2/h6-8H,4-5,14H2,1-3H3. The Balaban J connectivity index is 3.19. The fourth-order valence-electron chi connectivity index (χ4n) is 1.73. The van der Waals surface area contributed by atoms with Crippen molar-refractivity contribution in [1.29, 1.82) is 0 Å². The Labute approximate surface area is 100 Å². The molecule has 0 saturated carbocycles. The van der Waals surface area contributed by atoms with Crippen LogP contribution in [0.1, 0.15) is 24.8 Å². The SMILES string of the molecule is COc1c(SC)cc(F)cc1C(C)CCN. The maximum atomic E-state index is 13.4. The molecule has 1 atom stereocenters. The number of benzene rings is 1. The van der Waals surface area contributed by atoms with Crippen LogP contribution in [0.15, 0.2) is 17.0 Å². The number of hydrogen-bond donors (Lipinski definition) is 1. The second-order valence-corrected chi connectivity index (χ2v) is 4.56. The number of nitrogens with two attached hydrogens (primary N) is 1. The zero-order valence-corrected chi connectivity index (χ0v) is 10.7. The minimum absolute atomic E-state index is 0.210. The predicted molar refractivity (Wildman–Crippen MR) is 66.8 cm³/mol. The first-order valence-electron chi connectivity index (χ1n) is 5.25. The highest BCUT2D eigenvalue weighted by Crippen LogP contribution is 2.37. The zero-order chi connectivity index (χ0) is 12.1. The summed E-state index contributed by atoms with van der Waals surface area (Å²) in [6.07, 6.45) is 2.74. The van der Waals surface area contributed by atoms with Crippen LogP contribution in [0.2, 0.25) is 0 Å². The topological polar surface area (TPSA) is 35.2 Å². The van der Waals surface area contributed by atoms with Crippen LogP contribution in [0, 0.1) is 5.82 Å². The van der Waals surface area contributed by atoms with Crippen LogP contribution in [0.25, 0.3) is 0 Å². The molecule has 0 radical (unpaired) electrons. The van der Waals surface area contributed by atoms with Crippen molar-refractivity contribution in [2.45, 2.75) is 24.2 Å². The summed E-state index contributed by atoms with van der Waals surface area (Å²) >= 11 is 1.49. The first-order valence-corrected chi connectivity index (χ1v) is 6.48. The molecule has 0 aliphatic carbocycles. The lowest BCUT2D eigenvalue weighted by Crippen LogP contribution is -2.06. The molecule has 1 rings (SSSR count). The summed E-state index contributed by atoms with van der Waals surface area (Å²) in [6, 6.07) is 3.04. The van der Waals surface area contributed by atoms with Crippen molar-refractivity contribution in [3.8, 4) is 5.75 Å². The molecule has 0 saturated heterocycles. The molecule has 0 fully saturated rings. The van der Waals surface area contributed by atoms with Gasteiger partial charge in [0.05, 0.1) is 12.0 Å². The van der Waals surface area contributed by atoms with Crippen LogP contribution < -0.4 is 10.5 Å². The highest BCUT2D eigenvalue weighted by Gasteiger charge is 2.16. The number of ether oxygens (including phenoxy) is 1. The van der Waals surface area contributed by atoms with E-state index in [1.54, 1.807) is 13.2 Å². The Bertz CT molecular complexity index is 357. The van der Waals surface area contributed by atoms with Gasteiger partial charge in [0.25, 0.3) is 0 Å². The molecule has 1 aromatic carbocycles. The summed E-state index contributed by atoms with van der Waals surface area (Å²) in [5.41, 5.74) is 6.43. The third-order valence-electron chi connectivity index (χ3n) is 2.60. The van der Waals surface area contributed by atoms with Crippen molar-refractivity contribution in [3.05, 3.63) is 23.5 Å². The number of rotatable bonds is 5. The monoisotopic (exact) mass is 243 g/mol. The first-order chi connectivity index (χ1) is 7.63. The minimum atomic E-state index is -0.218. The molecule has 90 valence electrons. The van der Waals surface area contributed by atoms with Gasteiger partial charge >= 0.3 is 0 Å². The number of halogens is 1. The molecule has 0 aliphatic heterocycles. The lowest BCUT2D eigenvalue weighted by molar-refractivity contribution is 0.393. The average Bonchev–Trinajstić information content (AvgIpc) is 2.28. The minimum Gasteiger partial charge on any atom is -0.495 e. The molecule has 2 nitrogen and oxygen atoms in total.